The zero-order valence-electron chi connectivity index (χ0n) is 15.6. The first kappa shape index (κ1) is 18.4. The Morgan fingerprint density at radius 2 is 1.59 bits per heavy atom. The van der Waals surface area contributed by atoms with Gasteiger partial charge < -0.3 is 14.8 Å². The van der Waals surface area contributed by atoms with Crippen molar-refractivity contribution in [3.8, 4) is 0 Å². The first-order valence-corrected chi connectivity index (χ1v) is 9.20. The molecule has 0 aliphatic rings. The molecular weight excluding hydrogens is 366 g/mol. The van der Waals surface area contributed by atoms with Crippen LogP contribution in [0.3, 0.4) is 0 Å². The van der Waals surface area contributed by atoms with Gasteiger partial charge in [0, 0.05) is 25.4 Å². The summed E-state index contributed by atoms with van der Waals surface area (Å²) in [4.78, 5) is 28.0. The summed E-state index contributed by atoms with van der Waals surface area (Å²) < 4.78 is 1.86. The first-order chi connectivity index (χ1) is 14.1. The molecule has 0 spiro atoms. The molecule has 0 aliphatic heterocycles. The smallest absolute Gasteiger partial charge is 0.335 e. The molecule has 2 aromatic heterocycles. The Bertz CT molecular complexity index is 1170. The summed E-state index contributed by atoms with van der Waals surface area (Å²) in [6, 6.07) is 20.1. The van der Waals surface area contributed by atoms with Gasteiger partial charge >= 0.3 is 5.97 Å². The number of hydrogen-bond acceptors (Lipinski definition) is 3. The molecule has 1 amide bonds. The highest BCUT2D eigenvalue weighted by Gasteiger charge is 2.09. The Hall–Kier alpha value is -3.93. The number of nitrogens with zero attached hydrogens (tertiary/aromatic N) is 2. The molecule has 4 aromatic rings. The minimum Gasteiger partial charge on any atom is -0.478 e. The van der Waals surface area contributed by atoms with E-state index in [0.29, 0.717) is 12.1 Å². The number of amides is 1. The molecule has 0 saturated heterocycles. The summed E-state index contributed by atoms with van der Waals surface area (Å²) in [7, 11) is 0. The number of rotatable bonds is 6. The molecule has 0 saturated carbocycles. The second kappa shape index (κ2) is 7.98. The molecule has 0 unspecified atom stereocenters. The number of imidazole rings is 1. The summed E-state index contributed by atoms with van der Waals surface area (Å²) in [5.74, 6) is -1.17. The van der Waals surface area contributed by atoms with Crippen molar-refractivity contribution in [1.82, 2.24) is 14.7 Å². The second-order valence-electron chi connectivity index (χ2n) is 6.76. The van der Waals surface area contributed by atoms with Crippen molar-refractivity contribution >= 4 is 17.5 Å². The van der Waals surface area contributed by atoms with E-state index in [1.165, 1.54) is 17.7 Å². The van der Waals surface area contributed by atoms with Gasteiger partial charge in [-0.25, -0.2) is 9.78 Å². The van der Waals surface area contributed by atoms with E-state index in [9.17, 15) is 9.59 Å². The van der Waals surface area contributed by atoms with Gasteiger partial charge in [-0.1, -0.05) is 42.5 Å². The quantitative estimate of drug-likeness (QED) is 0.532. The maximum atomic E-state index is 12.5. The van der Waals surface area contributed by atoms with Gasteiger partial charge in [0.05, 0.1) is 16.8 Å². The Morgan fingerprint density at radius 1 is 0.862 bits per heavy atom. The summed E-state index contributed by atoms with van der Waals surface area (Å²) in [6.45, 7) is 0.319. The van der Waals surface area contributed by atoms with Crippen molar-refractivity contribution in [2.45, 2.75) is 13.0 Å². The van der Waals surface area contributed by atoms with Crippen LogP contribution in [0, 0.1) is 0 Å². The molecule has 0 aliphatic carbocycles. The van der Waals surface area contributed by atoms with E-state index in [0.717, 1.165) is 23.3 Å². The fourth-order valence-electron chi connectivity index (χ4n) is 3.12. The number of carboxylic acids is 1. The van der Waals surface area contributed by atoms with Gasteiger partial charge in [-0.05, 0) is 35.4 Å². The number of carboxylic acid groups (broad SMARTS) is 1. The van der Waals surface area contributed by atoms with Gasteiger partial charge in [0.1, 0.15) is 5.65 Å². The third-order valence-electron chi connectivity index (χ3n) is 4.65. The lowest BCUT2D eigenvalue weighted by atomic mass is 10.1. The molecule has 2 N–H and O–H groups in total. The fraction of sp³-hybridized carbons (Fsp3) is 0.0870. The molecule has 29 heavy (non-hydrogen) atoms. The van der Waals surface area contributed by atoms with Crippen LogP contribution in [0.25, 0.3) is 5.65 Å². The molecule has 0 atom stereocenters. The molecule has 144 valence electrons. The maximum Gasteiger partial charge on any atom is 0.335 e. The fourth-order valence-corrected chi connectivity index (χ4v) is 3.12. The van der Waals surface area contributed by atoms with Crippen molar-refractivity contribution in [1.29, 1.82) is 0 Å². The Kier molecular flexibility index (Phi) is 5.07. The van der Waals surface area contributed by atoms with E-state index in [-0.39, 0.29) is 11.5 Å². The van der Waals surface area contributed by atoms with E-state index in [2.05, 4.69) is 22.4 Å². The van der Waals surface area contributed by atoms with Gasteiger partial charge in [-0.15, -0.1) is 0 Å². The Balaban J connectivity index is 1.44. The molecular formula is C23H19N3O3. The molecule has 4 rings (SSSR count). The van der Waals surface area contributed by atoms with E-state index in [1.54, 1.807) is 24.4 Å². The van der Waals surface area contributed by atoms with E-state index < -0.39 is 5.97 Å². The Morgan fingerprint density at radius 3 is 2.31 bits per heavy atom. The van der Waals surface area contributed by atoms with Crippen molar-refractivity contribution in [3.05, 3.63) is 107 Å². The van der Waals surface area contributed by atoms with Gasteiger partial charge in [0.15, 0.2) is 0 Å². The van der Waals surface area contributed by atoms with Crippen LogP contribution in [-0.2, 0) is 13.0 Å². The highest BCUT2D eigenvalue weighted by molar-refractivity contribution is 5.94. The lowest BCUT2D eigenvalue weighted by molar-refractivity contribution is 0.0696. The first-order valence-electron chi connectivity index (χ1n) is 9.20. The lowest BCUT2D eigenvalue weighted by Gasteiger charge is -2.06. The zero-order chi connectivity index (χ0) is 20.2. The summed E-state index contributed by atoms with van der Waals surface area (Å²) >= 11 is 0. The monoisotopic (exact) mass is 385 g/mol. The van der Waals surface area contributed by atoms with Gasteiger partial charge in [0.25, 0.3) is 5.91 Å². The molecule has 0 radical (unpaired) electrons. The molecule has 6 nitrogen and oxygen atoms in total. The van der Waals surface area contributed by atoms with Crippen LogP contribution in [0.1, 0.15) is 37.5 Å². The maximum absolute atomic E-state index is 12.5. The summed E-state index contributed by atoms with van der Waals surface area (Å²) in [5, 5.41) is 11.8. The van der Waals surface area contributed by atoms with Crippen LogP contribution in [0.4, 0.5) is 0 Å². The molecule has 0 bridgehead atoms. The highest BCUT2D eigenvalue weighted by Crippen LogP contribution is 2.12. The normalized spacial score (nSPS) is 10.8. The number of nitrogens with one attached hydrogen (secondary N) is 1. The van der Waals surface area contributed by atoms with Crippen LogP contribution in [0.15, 0.2) is 79.1 Å². The molecule has 6 heteroatoms. The molecule has 0 fully saturated rings. The van der Waals surface area contributed by atoms with Crippen molar-refractivity contribution in [2.75, 3.05) is 0 Å². The van der Waals surface area contributed by atoms with Gasteiger partial charge in [-0.2, -0.15) is 0 Å². The SMILES string of the molecule is O=C(O)c1ccc(CNC(=O)c2ccc3nc(Cc4ccccc4)cn3c2)cc1. The predicted octanol–water partition coefficient (Wildman–Crippen LogP) is 3.55. The largest absolute Gasteiger partial charge is 0.478 e. The van der Waals surface area contributed by atoms with Crippen LogP contribution in [-0.4, -0.2) is 26.4 Å². The number of fused-ring (bicyclic) bond motifs is 1. The number of carbonyl (C=O) groups excluding carboxylic acids is 1. The number of carbonyl (C=O) groups is 2. The zero-order valence-corrected chi connectivity index (χ0v) is 15.6. The third-order valence-corrected chi connectivity index (χ3v) is 4.65. The minimum atomic E-state index is -0.971. The molecule has 2 heterocycles. The summed E-state index contributed by atoms with van der Waals surface area (Å²) in [5.41, 5.74) is 4.49. The van der Waals surface area contributed by atoms with E-state index in [4.69, 9.17) is 5.11 Å². The highest BCUT2D eigenvalue weighted by atomic mass is 16.4. The van der Waals surface area contributed by atoms with E-state index in [1.807, 2.05) is 34.9 Å². The van der Waals surface area contributed by atoms with Crippen LogP contribution >= 0.6 is 0 Å². The summed E-state index contributed by atoms with van der Waals surface area (Å²) in [6.07, 6.45) is 4.43. The third kappa shape index (κ3) is 4.32. The number of pyridine rings is 1. The minimum absolute atomic E-state index is 0.201. The van der Waals surface area contributed by atoms with Crippen LogP contribution in [0.5, 0.6) is 0 Å². The van der Waals surface area contributed by atoms with Gasteiger partial charge in [0.2, 0.25) is 0 Å². The number of benzene rings is 2. The Labute approximate surface area is 167 Å². The second-order valence-corrected chi connectivity index (χ2v) is 6.76. The van der Waals surface area contributed by atoms with Gasteiger partial charge in [-0.3, -0.25) is 4.79 Å². The van der Waals surface area contributed by atoms with Crippen LogP contribution < -0.4 is 5.32 Å². The predicted molar refractivity (Wildman–Crippen MR) is 109 cm³/mol. The number of hydrogen-bond donors (Lipinski definition) is 2. The average molecular weight is 385 g/mol. The van der Waals surface area contributed by atoms with Crippen molar-refractivity contribution in [3.63, 3.8) is 0 Å². The average Bonchev–Trinajstić information content (AvgIpc) is 3.14. The van der Waals surface area contributed by atoms with Crippen molar-refractivity contribution < 1.29 is 14.7 Å². The van der Waals surface area contributed by atoms with Crippen molar-refractivity contribution in [2.24, 2.45) is 0 Å². The number of aromatic carboxylic acids is 1. The van der Waals surface area contributed by atoms with Crippen LogP contribution in [0.2, 0.25) is 0 Å². The number of aromatic nitrogens is 2. The molecule has 2 aromatic carbocycles. The van der Waals surface area contributed by atoms with E-state index >= 15 is 0 Å². The lowest BCUT2D eigenvalue weighted by Crippen LogP contribution is -2.23. The topological polar surface area (TPSA) is 83.7 Å². The standard InChI is InChI=1S/C23H19N3O3/c27-22(24-13-17-6-8-18(9-7-17)23(28)29)19-10-11-21-25-20(15-26(21)14-19)12-16-4-2-1-3-5-16/h1-11,14-15H,12-13H2,(H,24,27)(H,28,29).